The third-order valence-corrected chi connectivity index (χ3v) is 3.57. The number of hydrogen-bond acceptors (Lipinski definition) is 6. The Morgan fingerprint density at radius 3 is 2.44 bits per heavy atom. The van der Waals surface area contributed by atoms with Gasteiger partial charge in [-0.1, -0.05) is 12.1 Å². The van der Waals surface area contributed by atoms with Crippen LogP contribution in [0.15, 0.2) is 53.3 Å². The van der Waals surface area contributed by atoms with Gasteiger partial charge in [-0.15, -0.1) is 10.2 Å². The van der Waals surface area contributed by atoms with E-state index < -0.39 is 0 Å². The van der Waals surface area contributed by atoms with Gasteiger partial charge < -0.3 is 10.1 Å². The van der Waals surface area contributed by atoms with Gasteiger partial charge in [0.15, 0.2) is 0 Å². The van der Waals surface area contributed by atoms with Crippen LogP contribution in [0, 0.1) is 11.3 Å². The largest absolute Gasteiger partial charge is 0.497 e. The van der Waals surface area contributed by atoms with Crippen LogP contribution in [-0.4, -0.2) is 22.3 Å². The average molecular weight is 333 g/mol. The van der Waals surface area contributed by atoms with Crippen molar-refractivity contribution in [3.63, 3.8) is 0 Å². The predicted octanol–water partition coefficient (Wildman–Crippen LogP) is 2.38. The summed E-state index contributed by atoms with van der Waals surface area (Å²) in [5, 5.41) is 19.7. The first-order chi connectivity index (χ1) is 12.2. The van der Waals surface area contributed by atoms with Crippen molar-refractivity contribution < 1.29 is 4.74 Å². The van der Waals surface area contributed by atoms with Crippen molar-refractivity contribution in [2.75, 3.05) is 12.4 Å². The fourth-order valence-electron chi connectivity index (χ4n) is 2.23. The van der Waals surface area contributed by atoms with E-state index in [0.29, 0.717) is 23.4 Å². The van der Waals surface area contributed by atoms with Gasteiger partial charge in [-0.25, -0.2) is 0 Å². The number of benzene rings is 2. The smallest absolute Gasteiger partial charge is 0.274 e. The summed E-state index contributed by atoms with van der Waals surface area (Å²) < 4.78 is 5.11. The molecule has 0 aliphatic heterocycles. The summed E-state index contributed by atoms with van der Waals surface area (Å²) >= 11 is 0. The molecule has 0 unspecified atom stereocenters. The van der Waals surface area contributed by atoms with Crippen LogP contribution in [0.1, 0.15) is 16.8 Å². The number of H-pyrrole nitrogens is 1. The Bertz CT molecular complexity index is 956. The Kier molecular flexibility index (Phi) is 4.72. The molecular formula is C18H15N5O2. The van der Waals surface area contributed by atoms with Crippen LogP contribution in [0.5, 0.6) is 5.75 Å². The second-order valence-corrected chi connectivity index (χ2v) is 5.29. The molecule has 0 aliphatic carbocycles. The van der Waals surface area contributed by atoms with Gasteiger partial charge in [0.05, 0.1) is 18.7 Å². The van der Waals surface area contributed by atoms with Crippen molar-refractivity contribution in [1.82, 2.24) is 15.2 Å². The number of rotatable bonds is 5. The number of ether oxygens (including phenoxy) is 1. The van der Waals surface area contributed by atoms with Gasteiger partial charge in [-0.2, -0.15) is 5.26 Å². The minimum Gasteiger partial charge on any atom is -0.497 e. The minimum atomic E-state index is -0.304. The monoisotopic (exact) mass is 333 g/mol. The quantitative estimate of drug-likeness (QED) is 0.743. The van der Waals surface area contributed by atoms with Crippen LogP contribution in [0.25, 0.3) is 0 Å². The Balaban J connectivity index is 1.73. The van der Waals surface area contributed by atoms with Gasteiger partial charge in [0.2, 0.25) is 5.95 Å². The molecule has 0 radical (unpaired) electrons. The lowest BCUT2D eigenvalue weighted by Crippen LogP contribution is -2.18. The van der Waals surface area contributed by atoms with Crippen LogP contribution in [0.4, 0.5) is 11.6 Å². The first-order valence-electron chi connectivity index (χ1n) is 7.54. The highest BCUT2D eigenvalue weighted by molar-refractivity contribution is 5.54. The highest BCUT2D eigenvalue weighted by Gasteiger charge is 2.07. The second-order valence-electron chi connectivity index (χ2n) is 5.29. The van der Waals surface area contributed by atoms with E-state index in [-0.39, 0.29) is 11.5 Å². The third kappa shape index (κ3) is 4.00. The van der Waals surface area contributed by atoms with Gasteiger partial charge in [-0.3, -0.25) is 9.78 Å². The zero-order chi connectivity index (χ0) is 17.6. The molecule has 2 aromatic carbocycles. The van der Waals surface area contributed by atoms with E-state index in [1.165, 1.54) is 0 Å². The maximum Gasteiger partial charge on any atom is 0.274 e. The highest BCUT2D eigenvalue weighted by atomic mass is 16.5. The fourth-order valence-corrected chi connectivity index (χ4v) is 2.23. The Morgan fingerprint density at radius 2 is 1.84 bits per heavy atom. The molecule has 1 heterocycles. The maximum atomic E-state index is 12.2. The molecule has 0 saturated heterocycles. The van der Waals surface area contributed by atoms with Crippen molar-refractivity contribution in [3.05, 3.63) is 75.7 Å². The number of methoxy groups -OCH3 is 1. The molecule has 0 fully saturated rings. The molecule has 0 spiro atoms. The molecule has 0 bridgehead atoms. The number of aromatic nitrogens is 3. The zero-order valence-corrected chi connectivity index (χ0v) is 13.5. The first kappa shape index (κ1) is 16.2. The van der Waals surface area contributed by atoms with Crippen LogP contribution in [-0.2, 0) is 6.42 Å². The Labute approximate surface area is 143 Å². The van der Waals surface area contributed by atoms with E-state index in [9.17, 15) is 4.79 Å². The van der Waals surface area contributed by atoms with E-state index in [1.54, 1.807) is 31.4 Å². The summed E-state index contributed by atoms with van der Waals surface area (Å²) in [6.45, 7) is 0. The van der Waals surface area contributed by atoms with Crippen molar-refractivity contribution in [2.24, 2.45) is 0 Å². The second kappa shape index (κ2) is 7.27. The summed E-state index contributed by atoms with van der Waals surface area (Å²) in [5.41, 5.74) is 2.22. The summed E-state index contributed by atoms with van der Waals surface area (Å²) in [6, 6.07) is 16.3. The predicted molar refractivity (Wildman–Crippen MR) is 92.9 cm³/mol. The first-order valence-corrected chi connectivity index (χ1v) is 7.54. The molecule has 0 aliphatic rings. The van der Waals surface area contributed by atoms with Gasteiger partial charge in [0, 0.05) is 12.1 Å². The average Bonchev–Trinajstić information content (AvgIpc) is 2.65. The van der Waals surface area contributed by atoms with E-state index in [4.69, 9.17) is 10.00 Å². The van der Waals surface area contributed by atoms with Crippen LogP contribution >= 0.6 is 0 Å². The molecule has 124 valence electrons. The Hall–Kier alpha value is -3.66. The van der Waals surface area contributed by atoms with Gasteiger partial charge >= 0.3 is 0 Å². The minimum absolute atomic E-state index is 0.244. The zero-order valence-electron chi connectivity index (χ0n) is 13.5. The molecule has 1 aromatic heterocycles. The molecule has 2 N–H and O–H groups in total. The summed E-state index contributed by atoms with van der Waals surface area (Å²) in [6.07, 6.45) is 0.378. The van der Waals surface area contributed by atoms with E-state index in [1.807, 2.05) is 30.3 Å². The van der Waals surface area contributed by atoms with E-state index >= 15 is 0 Å². The summed E-state index contributed by atoms with van der Waals surface area (Å²) in [4.78, 5) is 14.9. The molecule has 3 rings (SSSR count). The topological polar surface area (TPSA) is 104 Å². The number of nitrogens with zero attached hydrogens (tertiary/aromatic N) is 3. The van der Waals surface area contributed by atoms with Crippen molar-refractivity contribution in [2.45, 2.75) is 6.42 Å². The van der Waals surface area contributed by atoms with E-state index in [2.05, 4.69) is 20.5 Å². The van der Waals surface area contributed by atoms with Gasteiger partial charge in [0.25, 0.3) is 5.56 Å². The van der Waals surface area contributed by atoms with Gasteiger partial charge in [0.1, 0.15) is 11.4 Å². The molecule has 7 heteroatoms. The summed E-state index contributed by atoms with van der Waals surface area (Å²) in [7, 11) is 1.60. The number of hydrogen-bond donors (Lipinski definition) is 2. The number of nitrogens with one attached hydrogen (secondary N) is 2. The lowest BCUT2D eigenvalue weighted by atomic mass is 10.1. The molecule has 0 saturated carbocycles. The highest BCUT2D eigenvalue weighted by Crippen LogP contribution is 2.14. The lowest BCUT2D eigenvalue weighted by Gasteiger charge is -2.06. The van der Waals surface area contributed by atoms with Crippen molar-refractivity contribution in [1.29, 1.82) is 5.26 Å². The molecule has 25 heavy (non-hydrogen) atoms. The normalized spacial score (nSPS) is 10.1. The molecule has 7 nitrogen and oxygen atoms in total. The van der Waals surface area contributed by atoms with Crippen LogP contribution < -0.4 is 15.6 Å². The van der Waals surface area contributed by atoms with E-state index in [0.717, 1.165) is 11.3 Å². The summed E-state index contributed by atoms with van der Waals surface area (Å²) in [5.74, 6) is 0.999. The van der Waals surface area contributed by atoms with Crippen LogP contribution in [0.2, 0.25) is 0 Å². The number of nitriles is 1. The number of anilines is 2. The lowest BCUT2D eigenvalue weighted by molar-refractivity contribution is 0.414. The fraction of sp³-hybridized carbons (Fsp3) is 0.111. The maximum absolute atomic E-state index is 12.2. The third-order valence-electron chi connectivity index (χ3n) is 3.57. The van der Waals surface area contributed by atoms with Gasteiger partial charge in [-0.05, 0) is 42.0 Å². The van der Waals surface area contributed by atoms with Crippen LogP contribution in [0.3, 0.4) is 0 Å². The van der Waals surface area contributed by atoms with Crippen molar-refractivity contribution in [3.8, 4) is 11.8 Å². The molecule has 0 atom stereocenters. The Morgan fingerprint density at radius 1 is 1.12 bits per heavy atom. The molecular weight excluding hydrogens is 318 g/mol. The van der Waals surface area contributed by atoms with Crippen molar-refractivity contribution >= 4 is 11.6 Å². The SMILES string of the molecule is COc1ccc(Cc2nnc(Nc3ccc(C#N)cc3)[nH]c2=O)cc1. The standard InChI is InChI=1S/C18H15N5O2/c1-25-15-8-4-12(5-9-15)10-16-17(24)21-18(23-22-16)20-14-6-2-13(11-19)3-7-14/h2-9H,10H2,1H3,(H2,20,21,23,24). The number of aromatic amines is 1. The molecule has 3 aromatic rings. The molecule has 0 amide bonds.